The van der Waals surface area contributed by atoms with Gasteiger partial charge in [0, 0.05) is 11.1 Å². The van der Waals surface area contributed by atoms with E-state index in [1.165, 1.54) is 0 Å². The van der Waals surface area contributed by atoms with Crippen LogP contribution in [0.25, 0.3) is 22.4 Å². The lowest BCUT2D eigenvalue weighted by atomic mass is 9.96. The Bertz CT molecular complexity index is 917. The first kappa shape index (κ1) is 15.7. The molecule has 116 valence electrons. The number of nitrogens with two attached hydrogens (primary N) is 1. The summed E-state index contributed by atoms with van der Waals surface area (Å²) in [5.41, 5.74) is 8.90. The van der Waals surface area contributed by atoms with Gasteiger partial charge in [0.2, 0.25) is 0 Å². The molecule has 0 amide bonds. The van der Waals surface area contributed by atoms with Crippen LogP contribution in [0.4, 0.5) is 0 Å². The van der Waals surface area contributed by atoms with Gasteiger partial charge in [0.25, 0.3) is 0 Å². The lowest BCUT2D eigenvalue weighted by Gasteiger charge is -2.12. The number of nitrogens with zero attached hydrogens (tertiary/aromatic N) is 3. The van der Waals surface area contributed by atoms with Crippen LogP contribution in [0.2, 0.25) is 0 Å². The molecule has 3 N–H and O–H groups in total. The highest BCUT2D eigenvalue weighted by atomic mass is 32.2. The van der Waals surface area contributed by atoms with Crippen molar-refractivity contribution in [3.05, 3.63) is 66.2 Å². The molecule has 5 nitrogen and oxygen atoms in total. The van der Waals surface area contributed by atoms with Gasteiger partial charge in [-0.1, -0.05) is 60.7 Å². The van der Waals surface area contributed by atoms with Crippen molar-refractivity contribution in [2.24, 2.45) is 5.73 Å². The van der Waals surface area contributed by atoms with E-state index in [0.717, 1.165) is 22.9 Å². The Labute approximate surface area is 143 Å². The topological polar surface area (TPSA) is 99.4 Å². The minimum atomic E-state index is -0.132. The molecule has 0 atom stereocenters. The van der Waals surface area contributed by atoms with Crippen molar-refractivity contribution >= 4 is 16.9 Å². The summed E-state index contributed by atoms with van der Waals surface area (Å²) in [7, 11) is 0. The van der Waals surface area contributed by atoms with E-state index in [1.807, 2.05) is 60.7 Å². The van der Waals surface area contributed by atoms with Crippen LogP contribution in [0.5, 0.6) is 0 Å². The molecule has 0 aliphatic carbocycles. The largest absolute Gasteiger partial charge is 0.378 e. The highest BCUT2D eigenvalue weighted by Crippen LogP contribution is 2.36. The minimum absolute atomic E-state index is 0.132. The number of benzene rings is 2. The molecule has 0 saturated carbocycles. The maximum absolute atomic E-state index is 9.70. The van der Waals surface area contributed by atoms with Crippen LogP contribution >= 0.6 is 11.8 Å². The Morgan fingerprint density at radius 1 is 0.958 bits per heavy atom. The Balaban J connectivity index is 2.31. The summed E-state index contributed by atoms with van der Waals surface area (Å²) in [6.45, 7) is 0. The molecule has 0 unspecified atom stereocenters. The van der Waals surface area contributed by atoms with Gasteiger partial charge in [-0.25, -0.2) is 0 Å². The first-order valence-electron chi connectivity index (χ1n) is 7.14. The molecule has 0 fully saturated rings. The third-order valence-corrected chi connectivity index (χ3v) is 4.07. The summed E-state index contributed by atoms with van der Waals surface area (Å²) in [6.07, 6.45) is 0. The molecule has 1 heterocycles. The van der Waals surface area contributed by atoms with Crippen LogP contribution in [-0.2, 0) is 0 Å². The molecule has 0 radical (unpaired) electrons. The lowest BCUT2D eigenvalue weighted by molar-refractivity contribution is 0.931. The molecule has 0 saturated heterocycles. The van der Waals surface area contributed by atoms with Crippen molar-refractivity contribution in [3.8, 4) is 28.5 Å². The van der Waals surface area contributed by atoms with Crippen LogP contribution in [0, 0.1) is 16.7 Å². The van der Waals surface area contributed by atoms with Crippen molar-refractivity contribution in [2.45, 2.75) is 5.03 Å². The minimum Gasteiger partial charge on any atom is -0.378 e. The van der Waals surface area contributed by atoms with Gasteiger partial charge in [0.05, 0.1) is 5.56 Å². The fourth-order valence-electron chi connectivity index (χ4n) is 2.38. The van der Waals surface area contributed by atoms with Crippen LogP contribution in [0.1, 0.15) is 5.56 Å². The zero-order valence-electron chi connectivity index (χ0n) is 12.6. The van der Waals surface area contributed by atoms with Crippen LogP contribution in [0.15, 0.2) is 65.7 Å². The molecule has 0 aliphatic rings. The van der Waals surface area contributed by atoms with E-state index in [0.29, 0.717) is 21.8 Å². The van der Waals surface area contributed by atoms with Crippen molar-refractivity contribution < 1.29 is 0 Å². The molecule has 0 spiro atoms. The van der Waals surface area contributed by atoms with E-state index in [-0.39, 0.29) is 5.17 Å². The predicted octanol–water partition coefficient (Wildman–Crippen LogP) is 3.67. The highest BCUT2D eigenvalue weighted by Gasteiger charge is 2.20. The number of thioether (sulfide) groups is 1. The molecule has 2 aromatic carbocycles. The number of nitriles is 1. The molecule has 24 heavy (non-hydrogen) atoms. The smallest absolute Gasteiger partial charge is 0.157 e. The maximum Gasteiger partial charge on any atom is 0.157 e. The van der Waals surface area contributed by atoms with E-state index < -0.39 is 0 Å². The summed E-state index contributed by atoms with van der Waals surface area (Å²) in [4.78, 5) is 0. The fourth-order valence-corrected chi connectivity index (χ4v) is 2.92. The van der Waals surface area contributed by atoms with Crippen molar-refractivity contribution in [3.63, 3.8) is 0 Å². The first-order valence-corrected chi connectivity index (χ1v) is 7.96. The molecular weight excluding hydrogens is 318 g/mol. The SMILES string of the molecule is N#Cc1c(SC(=N)N)nnc(-c2ccccc2)c1-c1ccccc1. The van der Waals surface area contributed by atoms with Gasteiger partial charge in [0.15, 0.2) is 5.17 Å². The monoisotopic (exact) mass is 331 g/mol. The summed E-state index contributed by atoms with van der Waals surface area (Å²) < 4.78 is 0. The Hall–Kier alpha value is -3.17. The average Bonchev–Trinajstić information content (AvgIpc) is 2.62. The summed E-state index contributed by atoms with van der Waals surface area (Å²) in [5, 5.41) is 25.8. The normalized spacial score (nSPS) is 10.1. The third-order valence-electron chi connectivity index (χ3n) is 3.37. The average molecular weight is 331 g/mol. The van der Waals surface area contributed by atoms with Crippen LogP contribution < -0.4 is 5.73 Å². The zero-order chi connectivity index (χ0) is 16.9. The van der Waals surface area contributed by atoms with Gasteiger partial charge >= 0.3 is 0 Å². The Morgan fingerprint density at radius 2 is 1.54 bits per heavy atom. The molecule has 3 rings (SSSR count). The van der Waals surface area contributed by atoms with E-state index in [1.54, 1.807) is 0 Å². The Morgan fingerprint density at radius 3 is 2.08 bits per heavy atom. The quantitative estimate of drug-likeness (QED) is 0.433. The zero-order valence-corrected chi connectivity index (χ0v) is 13.4. The van der Waals surface area contributed by atoms with Crippen LogP contribution in [-0.4, -0.2) is 15.4 Å². The molecular formula is C18H13N5S. The molecule has 0 aliphatic heterocycles. The van der Waals surface area contributed by atoms with Gasteiger partial charge in [-0.15, -0.1) is 10.2 Å². The number of hydrogen-bond acceptors (Lipinski definition) is 5. The van der Waals surface area contributed by atoms with Gasteiger partial charge in [-0.3, -0.25) is 5.41 Å². The summed E-state index contributed by atoms with van der Waals surface area (Å²) >= 11 is 0.927. The van der Waals surface area contributed by atoms with E-state index in [4.69, 9.17) is 11.1 Å². The van der Waals surface area contributed by atoms with Gasteiger partial charge in [-0.05, 0) is 17.3 Å². The molecule has 0 bridgehead atoms. The predicted molar refractivity (Wildman–Crippen MR) is 95.4 cm³/mol. The molecule has 1 aromatic heterocycles. The van der Waals surface area contributed by atoms with E-state index in [9.17, 15) is 5.26 Å². The lowest BCUT2D eigenvalue weighted by Crippen LogP contribution is -2.07. The second-order valence-corrected chi connectivity index (χ2v) is 5.94. The van der Waals surface area contributed by atoms with Crippen LogP contribution in [0.3, 0.4) is 0 Å². The highest BCUT2D eigenvalue weighted by molar-refractivity contribution is 8.13. The van der Waals surface area contributed by atoms with Gasteiger partial charge < -0.3 is 5.73 Å². The summed E-state index contributed by atoms with van der Waals surface area (Å²) in [5.74, 6) is 0. The number of amidine groups is 1. The third kappa shape index (κ3) is 3.12. The second-order valence-electron chi connectivity index (χ2n) is 4.91. The number of hydrogen-bond donors (Lipinski definition) is 2. The maximum atomic E-state index is 9.70. The van der Waals surface area contributed by atoms with E-state index in [2.05, 4.69) is 16.3 Å². The van der Waals surface area contributed by atoms with E-state index >= 15 is 0 Å². The van der Waals surface area contributed by atoms with Crippen molar-refractivity contribution in [2.75, 3.05) is 0 Å². The first-order chi connectivity index (χ1) is 11.7. The second kappa shape index (κ2) is 6.94. The fraction of sp³-hybridized carbons (Fsp3) is 0. The van der Waals surface area contributed by atoms with Gasteiger partial charge in [-0.2, -0.15) is 5.26 Å². The van der Waals surface area contributed by atoms with Crippen molar-refractivity contribution in [1.82, 2.24) is 10.2 Å². The summed E-state index contributed by atoms with van der Waals surface area (Å²) in [6, 6.07) is 21.4. The van der Waals surface area contributed by atoms with Gasteiger partial charge in [0.1, 0.15) is 16.8 Å². The number of nitrogens with one attached hydrogen (secondary N) is 1. The number of aromatic nitrogens is 2. The van der Waals surface area contributed by atoms with Crippen molar-refractivity contribution in [1.29, 1.82) is 10.7 Å². The molecule has 6 heteroatoms. The Kier molecular flexibility index (Phi) is 4.54. The standard InChI is InChI=1S/C18H13N5S/c19-11-14-15(12-7-3-1-4-8-12)16(13-9-5-2-6-10-13)22-23-17(14)24-18(20)21/h1-10H,(H3,20,21). The number of rotatable bonds is 3. The molecule has 3 aromatic rings.